The van der Waals surface area contributed by atoms with E-state index in [9.17, 15) is 18.0 Å². The highest BCUT2D eigenvalue weighted by atomic mass is 32.2. The van der Waals surface area contributed by atoms with Crippen molar-refractivity contribution in [3.05, 3.63) is 0 Å². The van der Waals surface area contributed by atoms with E-state index in [2.05, 4.69) is 6.26 Å². The van der Waals surface area contributed by atoms with Gasteiger partial charge in [0.25, 0.3) is 0 Å². The average molecular weight is 376 g/mol. The molecule has 2 aliphatic rings. The number of halogens is 3. The summed E-state index contributed by atoms with van der Waals surface area (Å²) in [5.74, 6) is 0.574. The van der Waals surface area contributed by atoms with Gasteiger partial charge in [0.05, 0.1) is 6.26 Å². The van der Waals surface area contributed by atoms with Crippen LogP contribution in [0.3, 0.4) is 0 Å². The van der Waals surface area contributed by atoms with Gasteiger partial charge in [-0.15, -0.1) is 0 Å². The van der Waals surface area contributed by atoms with E-state index in [1.165, 1.54) is 44.9 Å². The Kier molecular flexibility index (Phi) is 7.86. The lowest BCUT2D eigenvalue weighted by atomic mass is 10.2. The molecule has 0 aromatic heterocycles. The molecule has 0 saturated heterocycles. The normalized spacial score (nSPS) is 25.4. The van der Waals surface area contributed by atoms with E-state index in [-0.39, 0.29) is 0 Å². The summed E-state index contributed by atoms with van der Waals surface area (Å²) in [5.41, 5.74) is -5.65. The molecular formula is C14H23F3O4S2. The summed E-state index contributed by atoms with van der Waals surface area (Å²) in [6, 6.07) is 0. The van der Waals surface area contributed by atoms with Crippen molar-refractivity contribution >= 4 is 26.8 Å². The number of hydrogen-bond acceptors (Lipinski definition) is 4. The van der Waals surface area contributed by atoms with Gasteiger partial charge in [0.2, 0.25) is 0 Å². The van der Waals surface area contributed by atoms with Gasteiger partial charge in [-0.05, 0) is 43.0 Å². The first-order valence-electron chi connectivity index (χ1n) is 7.72. The molecule has 0 bridgehead atoms. The van der Waals surface area contributed by atoms with E-state index < -0.39 is 15.6 Å². The van der Waals surface area contributed by atoms with Crippen molar-refractivity contribution in [3.8, 4) is 0 Å². The quantitative estimate of drug-likeness (QED) is 0.321. The highest BCUT2D eigenvalue weighted by molar-refractivity contribution is 7.98. The fraction of sp³-hybridized carbons (Fsp3) is 0.929. The van der Waals surface area contributed by atoms with Crippen molar-refractivity contribution in [2.45, 2.75) is 73.8 Å². The molecule has 0 radical (unpaired) electrons. The second-order valence-electron chi connectivity index (χ2n) is 5.97. The molecule has 2 fully saturated rings. The van der Waals surface area contributed by atoms with Crippen LogP contribution in [0, 0.1) is 0 Å². The molecular weight excluding hydrogens is 353 g/mol. The van der Waals surface area contributed by atoms with Gasteiger partial charge in [0, 0.05) is 12.8 Å². The summed E-state index contributed by atoms with van der Waals surface area (Å²) in [6.45, 7) is 0. The Morgan fingerprint density at radius 2 is 1.52 bits per heavy atom. The predicted octanol–water partition coefficient (Wildman–Crippen LogP) is 3.13. The van der Waals surface area contributed by atoms with Gasteiger partial charge < -0.3 is 4.55 Å². The van der Waals surface area contributed by atoms with E-state index in [1.807, 2.05) is 0 Å². The Balaban J connectivity index is 0.000000284. The highest BCUT2D eigenvalue weighted by Crippen LogP contribution is 2.31. The van der Waals surface area contributed by atoms with E-state index in [1.54, 1.807) is 0 Å². The molecule has 9 heteroatoms. The third-order valence-electron chi connectivity index (χ3n) is 4.31. The van der Waals surface area contributed by atoms with Crippen LogP contribution in [0.1, 0.15) is 57.8 Å². The second kappa shape index (κ2) is 8.71. The number of carbonyl (C=O) groups is 1. The van der Waals surface area contributed by atoms with Crippen LogP contribution in [0.25, 0.3) is 0 Å². The summed E-state index contributed by atoms with van der Waals surface area (Å²) < 4.78 is 58.9. The van der Waals surface area contributed by atoms with Crippen LogP contribution in [0.4, 0.5) is 13.2 Å². The van der Waals surface area contributed by atoms with E-state index in [4.69, 9.17) is 13.0 Å². The van der Waals surface area contributed by atoms with E-state index in [0.29, 0.717) is 21.9 Å². The fourth-order valence-corrected chi connectivity index (χ4v) is 5.64. The van der Waals surface area contributed by atoms with Gasteiger partial charge in [0.1, 0.15) is 5.25 Å². The smallest absolute Gasteiger partial charge is 0.485 e. The number of Topliss-reactive ketones (excluding diaryl/α,β-unsaturated/α-hetero) is 1. The third-order valence-corrected chi connectivity index (χ3v) is 7.79. The minimum Gasteiger partial charge on any atom is -0.741 e. The summed E-state index contributed by atoms with van der Waals surface area (Å²) >= 11 is 0. The Bertz CT molecular complexity index is 483. The van der Waals surface area contributed by atoms with Crippen molar-refractivity contribution in [3.63, 3.8) is 0 Å². The Hall–Kier alpha value is -0.280. The van der Waals surface area contributed by atoms with Crippen LogP contribution in [-0.4, -0.2) is 41.0 Å². The fourth-order valence-electron chi connectivity index (χ4n) is 3.02. The van der Waals surface area contributed by atoms with Crippen molar-refractivity contribution in [2.24, 2.45) is 0 Å². The predicted molar refractivity (Wildman–Crippen MR) is 83.2 cm³/mol. The molecule has 0 aromatic rings. The zero-order valence-corrected chi connectivity index (χ0v) is 14.7. The number of hydrogen-bond donors (Lipinski definition) is 0. The van der Waals surface area contributed by atoms with Crippen LogP contribution in [0.5, 0.6) is 0 Å². The lowest BCUT2D eigenvalue weighted by Gasteiger charge is -2.18. The molecule has 0 amide bonds. The maximum atomic E-state index is 11.8. The van der Waals surface area contributed by atoms with Crippen LogP contribution in [0.15, 0.2) is 0 Å². The van der Waals surface area contributed by atoms with Crippen molar-refractivity contribution in [1.82, 2.24) is 0 Å². The van der Waals surface area contributed by atoms with Crippen molar-refractivity contribution in [1.29, 1.82) is 0 Å². The lowest BCUT2D eigenvalue weighted by molar-refractivity contribution is -0.117. The molecule has 0 heterocycles. The average Bonchev–Trinajstić information content (AvgIpc) is 2.69. The summed E-state index contributed by atoms with van der Waals surface area (Å²) in [4.78, 5) is 11.8. The number of ketones is 1. The third kappa shape index (κ3) is 6.62. The van der Waals surface area contributed by atoms with Crippen LogP contribution < -0.4 is 0 Å². The molecule has 0 aliphatic heterocycles. The molecule has 2 saturated carbocycles. The maximum absolute atomic E-state index is 11.8. The van der Waals surface area contributed by atoms with E-state index in [0.717, 1.165) is 18.1 Å². The number of alkyl halides is 3. The van der Waals surface area contributed by atoms with Crippen LogP contribution in [0.2, 0.25) is 0 Å². The van der Waals surface area contributed by atoms with Gasteiger partial charge in [0.15, 0.2) is 21.2 Å². The first-order chi connectivity index (χ1) is 10.5. The maximum Gasteiger partial charge on any atom is 0.485 e. The zero-order valence-electron chi connectivity index (χ0n) is 13.1. The van der Waals surface area contributed by atoms with Crippen molar-refractivity contribution in [2.75, 3.05) is 6.26 Å². The van der Waals surface area contributed by atoms with Gasteiger partial charge in [-0.2, -0.15) is 13.2 Å². The van der Waals surface area contributed by atoms with Crippen molar-refractivity contribution < 1.29 is 30.9 Å². The first-order valence-corrected chi connectivity index (χ1v) is 10.9. The topological polar surface area (TPSA) is 74.3 Å². The summed E-state index contributed by atoms with van der Waals surface area (Å²) in [6.07, 6.45) is 14.0. The highest BCUT2D eigenvalue weighted by Gasteiger charge is 2.41. The van der Waals surface area contributed by atoms with E-state index >= 15 is 0 Å². The minimum atomic E-state index is -6.09. The first kappa shape index (κ1) is 20.8. The molecule has 4 nitrogen and oxygen atoms in total. The molecule has 136 valence electrons. The monoisotopic (exact) mass is 376 g/mol. The minimum absolute atomic E-state index is 0.377. The molecule has 23 heavy (non-hydrogen) atoms. The zero-order chi connectivity index (χ0) is 17.7. The van der Waals surface area contributed by atoms with Gasteiger partial charge >= 0.3 is 5.51 Å². The number of carbonyl (C=O) groups excluding carboxylic acids is 1. The Labute approximate surface area is 138 Å². The lowest BCUT2D eigenvalue weighted by Crippen LogP contribution is -2.33. The molecule has 0 aromatic carbocycles. The molecule has 2 aliphatic carbocycles. The SMILES string of the molecule is C[S+](C1CCCCCC1)C1CCCC1=O.O=S(=O)([O-])C(F)(F)F. The largest absolute Gasteiger partial charge is 0.741 e. The number of rotatable bonds is 2. The summed E-state index contributed by atoms with van der Waals surface area (Å²) in [5, 5.41) is 1.33. The van der Waals surface area contributed by atoms with Gasteiger partial charge in [-0.25, -0.2) is 8.42 Å². The second-order valence-corrected chi connectivity index (χ2v) is 9.79. The van der Waals surface area contributed by atoms with Gasteiger partial charge in [-0.1, -0.05) is 12.8 Å². The molecule has 0 N–H and O–H groups in total. The Morgan fingerprint density at radius 3 is 1.87 bits per heavy atom. The molecule has 2 unspecified atom stereocenters. The summed E-state index contributed by atoms with van der Waals surface area (Å²) in [7, 11) is -5.71. The van der Waals surface area contributed by atoms with Crippen LogP contribution >= 0.6 is 0 Å². The molecule has 2 rings (SSSR count). The Morgan fingerprint density at radius 1 is 1.04 bits per heavy atom. The standard InChI is InChI=1S/C13H23OS.CHF3O3S/c1-15(13-10-6-9-12(13)14)11-7-4-2-3-5-8-11;2-1(3,4)8(5,6)7/h11,13H,2-10H2,1H3;(H,5,6,7)/q+1;/p-1. The molecule has 2 atom stereocenters. The van der Waals surface area contributed by atoms with Gasteiger partial charge in [-0.3, -0.25) is 4.79 Å². The molecule has 0 spiro atoms. The van der Waals surface area contributed by atoms with Crippen LogP contribution in [-0.2, 0) is 25.8 Å².